The van der Waals surface area contributed by atoms with Crippen LogP contribution in [0.1, 0.15) is 24.4 Å². The van der Waals surface area contributed by atoms with Crippen molar-refractivity contribution in [3.8, 4) is 0 Å². The molecule has 0 radical (unpaired) electrons. The molecule has 1 aromatic carbocycles. The summed E-state index contributed by atoms with van der Waals surface area (Å²) in [7, 11) is 0. The van der Waals surface area contributed by atoms with Crippen LogP contribution in [-0.2, 0) is 0 Å². The zero-order chi connectivity index (χ0) is 11.5. The van der Waals surface area contributed by atoms with Gasteiger partial charge in [0.05, 0.1) is 6.10 Å². The van der Waals surface area contributed by atoms with E-state index in [4.69, 9.17) is 0 Å². The lowest BCUT2D eigenvalue weighted by Crippen LogP contribution is -1.93. The zero-order valence-corrected chi connectivity index (χ0v) is 10.7. The van der Waals surface area contributed by atoms with Gasteiger partial charge in [0.2, 0.25) is 0 Å². The molecule has 5 heteroatoms. The maximum absolute atomic E-state index is 9.64. The summed E-state index contributed by atoms with van der Waals surface area (Å²) in [6.45, 7) is 3.64. The number of hydrogen-bond acceptors (Lipinski definition) is 5. The number of aryl methyl sites for hydroxylation is 1. The van der Waals surface area contributed by atoms with Gasteiger partial charge in [0, 0.05) is 4.90 Å². The first-order chi connectivity index (χ1) is 7.66. The van der Waals surface area contributed by atoms with Gasteiger partial charge in [-0.1, -0.05) is 30.0 Å². The largest absolute Gasteiger partial charge is 0.389 e. The van der Waals surface area contributed by atoms with Gasteiger partial charge in [-0.05, 0) is 37.0 Å². The van der Waals surface area contributed by atoms with Gasteiger partial charge in [-0.25, -0.2) is 4.98 Å². The molecule has 1 aromatic heterocycles. The van der Waals surface area contributed by atoms with Gasteiger partial charge >= 0.3 is 0 Å². The second-order valence-electron chi connectivity index (χ2n) is 3.42. The summed E-state index contributed by atoms with van der Waals surface area (Å²) in [5, 5.41) is 9.64. The Hall–Kier alpha value is -0.910. The molecule has 0 saturated carbocycles. The van der Waals surface area contributed by atoms with Gasteiger partial charge in [0.1, 0.15) is 5.82 Å². The summed E-state index contributed by atoms with van der Waals surface area (Å²) < 4.78 is 5.04. The van der Waals surface area contributed by atoms with E-state index in [9.17, 15) is 5.11 Å². The molecular weight excluding hydrogens is 240 g/mol. The molecule has 0 bridgehead atoms. The average Bonchev–Trinajstić information content (AvgIpc) is 2.64. The summed E-state index contributed by atoms with van der Waals surface area (Å²) in [6, 6.07) is 7.81. The van der Waals surface area contributed by atoms with Crippen molar-refractivity contribution in [1.29, 1.82) is 0 Å². The van der Waals surface area contributed by atoms with E-state index in [1.54, 1.807) is 18.7 Å². The van der Waals surface area contributed by atoms with Crippen molar-refractivity contribution in [3.63, 3.8) is 0 Å². The van der Waals surface area contributed by atoms with Crippen LogP contribution in [0, 0.1) is 6.92 Å². The third-order valence-corrected chi connectivity index (χ3v) is 4.01. The molecule has 2 rings (SSSR count). The Morgan fingerprint density at radius 2 is 2.12 bits per heavy atom. The minimum Gasteiger partial charge on any atom is -0.389 e. The molecule has 84 valence electrons. The molecular formula is C11H12N2OS2. The molecule has 1 N–H and O–H groups in total. The number of aliphatic hydroxyl groups is 1. The zero-order valence-electron chi connectivity index (χ0n) is 9.04. The molecule has 1 heterocycles. The maximum atomic E-state index is 9.64. The first-order valence-electron chi connectivity index (χ1n) is 4.92. The molecule has 0 aliphatic heterocycles. The lowest BCUT2D eigenvalue weighted by Gasteiger charge is -2.09. The van der Waals surface area contributed by atoms with Crippen molar-refractivity contribution in [1.82, 2.24) is 9.36 Å². The molecule has 0 spiro atoms. The van der Waals surface area contributed by atoms with Crippen molar-refractivity contribution in [2.75, 3.05) is 0 Å². The van der Waals surface area contributed by atoms with Gasteiger partial charge in [0.25, 0.3) is 0 Å². The molecule has 3 nitrogen and oxygen atoms in total. The van der Waals surface area contributed by atoms with Crippen molar-refractivity contribution in [3.05, 3.63) is 35.7 Å². The Morgan fingerprint density at radius 1 is 1.38 bits per heavy atom. The average molecular weight is 252 g/mol. The van der Waals surface area contributed by atoms with Gasteiger partial charge < -0.3 is 5.11 Å². The second-order valence-corrected chi connectivity index (χ2v) is 5.46. The highest BCUT2D eigenvalue weighted by Gasteiger charge is 2.10. The third-order valence-electron chi connectivity index (χ3n) is 2.08. The molecule has 0 fully saturated rings. The lowest BCUT2D eigenvalue weighted by molar-refractivity contribution is 0.196. The van der Waals surface area contributed by atoms with Crippen molar-refractivity contribution >= 4 is 23.3 Å². The molecule has 1 atom stereocenters. The highest BCUT2D eigenvalue weighted by Crippen LogP contribution is 2.33. The van der Waals surface area contributed by atoms with E-state index in [2.05, 4.69) is 9.36 Å². The van der Waals surface area contributed by atoms with E-state index < -0.39 is 6.10 Å². The van der Waals surface area contributed by atoms with Crippen LogP contribution in [0.5, 0.6) is 0 Å². The normalized spacial score (nSPS) is 12.7. The summed E-state index contributed by atoms with van der Waals surface area (Å²) in [5.41, 5.74) is 0.931. The number of nitrogens with zero attached hydrogens (tertiary/aromatic N) is 2. The fourth-order valence-electron chi connectivity index (χ4n) is 1.33. The summed E-state index contributed by atoms with van der Waals surface area (Å²) >= 11 is 2.93. The van der Waals surface area contributed by atoms with Crippen LogP contribution >= 0.6 is 23.3 Å². The van der Waals surface area contributed by atoms with Crippen LogP contribution < -0.4 is 0 Å². The van der Waals surface area contributed by atoms with E-state index in [0.29, 0.717) is 0 Å². The van der Waals surface area contributed by atoms with Crippen LogP contribution in [0.15, 0.2) is 33.5 Å². The van der Waals surface area contributed by atoms with E-state index in [-0.39, 0.29) is 0 Å². The predicted octanol–water partition coefficient (Wildman–Crippen LogP) is 3.05. The van der Waals surface area contributed by atoms with Gasteiger partial charge in [-0.3, -0.25) is 0 Å². The van der Waals surface area contributed by atoms with Crippen molar-refractivity contribution in [2.45, 2.75) is 29.2 Å². The highest BCUT2D eigenvalue weighted by atomic mass is 32.2. The van der Waals surface area contributed by atoms with Crippen LogP contribution in [0.3, 0.4) is 0 Å². The lowest BCUT2D eigenvalue weighted by atomic mass is 10.1. The Morgan fingerprint density at radius 3 is 2.75 bits per heavy atom. The van der Waals surface area contributed by atoms with Gasteiger partial charge in [-0.15, -0.1) is 0 Å². The number of benzene rings is 1. The van der Waals surface area contributed by atoms with E-state index in [1.165, 1.54) is 11.5 Å². The van der Waals surface area contributed by atoms with E-state index >= 15 is 0 Å². The topological polar surface area (TPSA) is 46.0 Å². The van der Waals surface area contributed by atoms with Crippen molar-refractivity contribution < 1.29 is 5.11 Å². The smallest absolute Gasteiger partial charge is 0.174 e. The minimum atomic E-state index is -0.460. The SMILES string of the molecule is Cc1nsc(Sc2ccccc2C(C)O)n1. The first kappa shape index (κ1) is 11.6. The monoisotopic (exact) mass is 252 g/mol. The second kappa shape index (κ2) is 4.95. The molecule has 0 saturated heterocycles. The number of aromatic nitrogens is 2. The van der Waals surface area contributed by atoms with Crippen molar-refractivity contribution in [2.24, 2.45) is 0 Å². The number of hydrogen-bond donors (Lipinski definition) is 1. The molecule has 0 aliphatic rings. The Balaban J connectivity index is 2.27. The minimum absolute atomic E-state index is 0.460. The van der Waals surface area contributed by atoms with Gasteiger partial charge in [-0.2, -0.15) is 4.37 Å². The van der Waals surface area contributed by atoms with E-state index in [0.717, 1.165) is 20.6 Å². The van der Waals surface area contributed by atoms with Crippen LogP contribution in [0.4, 0.5) is 0 Å². The van der Waals surface area contributed by atoms with Gasteiger partial charge in [0.15, 0.2) is 4.34 Å². The molecule has 2 aromatic rings. The molecule has 16 heavy (non-hydrogen) atoms. The Kier molecular flexibility index (Phi) is 3.58. The number of rotatable bonds is 3. The predicted molar refractivity (Wildman–Crippen MR) is 65.8 cm³/mol. The molecule has 1 unspecified atom stereocenters. The maximum Gasteiger partial charge on any atom is 0.174 e. The standard InChI is InChI=1S/C11H12N2OS2/c1-7(14)9-5-3-4-6-10(9)15-11-12-8(2)13-16-11/h3-7,14H,1-2H3. The first-order valence-corrected chi connectivity index (χ1v) is 6.51. The summed E-state index contributed by atoms with van der Waals surface area (Å²) in [4.78, 5) is 5.33. The Labute approximate surface area is 103 Å². The van der Waals surface area contributed by atoms with Crippen LogP contribution in [0.25, 0.3) is 0 Å². The van der Waals surface area contributed by atoms with Crippen LogP contribution in [0.2, 0.25) is 0 Å². The molecule has 0 aliphatic carbocycles. The van der Waals surface area contributed by atoms with E-state index in [1.807, 2.05) is 31.2 Å². The highest BCUT2D eigenvalue weighted by molar-refractivity contribution is 8.01. The summed E-state index contributed by atoms with van der Waals surface area (Å²) in [6.07, 6.45) is -0.460. The molecule has 0 amide bonds. The summed E-state index contributed by atoms with van der Waals surface area (Å²) in [5.74, 6) is 0.794. The number of aliphatic hydroxyl groups excluding tert-OH is 1. The fourth-order valence-corrected chi connectivity index (χ4v) is 3.16. The quantitative estimate of drug-likeness (QED) is 0.912. The van der Waals surface area contributed by atoms with Crippen LogP contribution in [-0.4, -0.2) is 14.5 Å². The third kappa shape index (κ3) is 2.61. The fraction of sp³-hybridized carbons (Fsp3) is 0.273. The Bertz CT molecular complexity index is 482.